The third-order valence-corrected chi connectivity index (χ3v) is 4.06. The molecule has 0 spiro atoms. The van der Waals surface area contributed by atoms with Crippen LogP contribution in [0, 0.1) is 0 Å². The van der Waals surface area contributed by atoms with Crippen molar-refractivity contribution in [1.82, 2.24) is 25.1 Å². The number of nitrogens with one attached hydrogen (secondary N) is 3. The van der Waals surface area contributed by atoms with Gasteiger partial charge in [0.05, 0.1) is 16.6 Å². The molecule has 5 N–H and O–H groups in total. The van der Waals surface area contributed by atoms with Gasteiger partial charge in [-0.3, -0.25) is 10.5 Å². The van der Waals surface area contributed by atoms with E-state index in [1.807, 2.05) is 18.2 Å². The molecule has 0 radical (unpaired) electrons. The monoisotopic (exact) mass is 297 g/mol. The Kier molecular flexibility index (Phi) is 2.76. The number of nitrogen functional groups attached to an aromatic ring is 1. The van der Waals surface area contributed by atoms with E-state index in [1.54, 1.807) is 6.20 Å². The highest BCUT2D eigenvalue weighted by Crippen LogP contribution is 2.32. The number of aromatic nitrogens is 5. The van der Waals surface area contributed by atoms with Gasteiger partial charge in [0, 0.05) is 10.9 Å². The summed E-state index contributed by atoms with van der Waals surface area (Å²) in [5, 5.41) is 10.6. The Labute approximate surface area is 123 Å². The minimum absolute atomic E-state index is 0.352. The number of anilines is 1. The molecule has 0 saturated heterocycles. The molecule has 0 aliphatic heterocycles. The summed E-state index contributed by atoms with van der Waals surface area (Å²) in [6.07, 6.45) is 1.71. The van der Waals surface area contributed by atoms with Crippen LogP contribution >= 0.6 is 11.8 Å². The molecule has 3 heterocycles. The van der Waals surface area contributed by atoms with E-state index in [9.17, 15) is 0 Å². The molecule has 0 aliphatic carbocycles. The number of nitrogens with two attached hydrogens (primary N) is 1. The molecule has 4 rings (SSSR count). The molecule has 0 amide bonds. The largest absolute Gasteiger partial charge is 0.349 e. The van der Waals surface area contributed by atoms with E-state index in [1.165, 1.54) is 11.8 Å². The van der Waals surface area contributed by atoms with Gasteiger partial charge in [0.25, 0.3) is 0 Å². The van der Waals surface area contributed by atoms with Gasteiger partial charge in [-0.05, 0) is 12.1 Å². The second-order valence-electron chi connectivity index (χ2n) is 4.45. The molecule has 104 valence electrons. The van der Waals surface area contributed by atoms with Crippen molar-refractivity contribution in [2.75, 3.05) is 5.43 Å². The number of aromatic amines is 2. The quantitative estimate of drug-likeness (QED) is 0.262. The first-order valence-electron chi connectivity index (χ1n) is 6.27. The number of benzene rings is 1. The maximum Gasteiger partial charge on any atom is 0.240 e. The van der Waals surface area contributed by atoms with Crippen molar-refractivity contribution in [3.63, 3.8) is 0 Å². The number of hydrogen-bond acceptors (Lipinski definition) is 6. The maximum absolute atomic E-state index is 5.41. The van der Waals surface area contributed by atoms with Crippen LogP contribution in [0.3, 0.4) is 0 Å². The SMILES string of the molecule is NNc1nc(Sc2cc3ccccc3[nH]2)c2cn[nH]c2n1. The second-order valence-corrected chi connectivity index (χ2v) is 5.48. The van der Waals surface area contributed by atoms with E-state index in [2.05, 4.69) is 42.7 Å². The van der Waals surface area contributed by atoms with Gasteiger partial charge in [-0.1, -0.05) is 30.0 Å². The van der Waals surface area contributed by atoms with Gasteiger partial charge < -0.3 is 4.98 Å². The number of fused-ring (bicyclic) bond motifs is 2. The van der Waals surface area contributed by atoms with Crippen LogP contribution in [0.25, 0.3) is 21.9 Å². The maximum atomic E-state index is 5.41. The summed E-state index contributed by atoms with van der Waals surface area (Å²) < 4.78 is 0. The molecule has 21 heavy (non-hydrogen) atoms. The van der Waals surface area contributed by atoms with E-state index in [0.717, 1.165) is 26.3 Å². The van der Waals surface area contributed by atoms with Crippen molar-refractivity contribution in [3.8, 4) is 0 Å². The molecule has 3 aromatic heterocycles. The Hall–Kier alpha value is -2.58. The molecule has 0 unspecified atom stereocenters. The van der Waals surface area contributed by atoms with Crippen LogP contribution in [0.4, 0.5) is 5.95 Å². The predicted octanol–water partition coefficient (Wildman–Crippen LogP) is 2.27. The van der Waals surface area contributed by atoms with E-state index < -0.39 is 0 Å². The predicted molar refractivity (Wildman–Crippen MR) is 81.9 cm³/mol. The van der Waals surface area contributed by atoms with Crippen molar-refractivity contribution in [2.24, 2.45) is 5.84 Å². The van der Waals surface area contributed by atoms with E-state index >= 15 is 0 Å². The molecule has 4 aromatic rings. The van der Waals surface area contributed by atoms with Crippen LogP contribution in [0.1, 0.15) is 0 Å². The van der Waals surface area contributed by atoms with Crippen molar-refractivity contribution in [2.45, 2.75) is 10.1 Å². The lowest BCUT2D eigenvalue weighted by atomic mass is 10.3. The van der Waals surface area contributed by atoms with Crippen LogP contribution in [0.15, 0.2) is 46.6 Å². The average molecular weight is 297 g/mol. The Morgan fingerprint density at radius 3 is 2.95 bits per heavy atom. The van der Waals surface area contributed by atoms with Gasteiger partial charge in [0.1, 0.15) is 5.03 Å². The highest BCUT2D eigenvalue weighted by atomic mass is 32.2. The average Bonchev–Trinajstić information content (AvgIpc) is 3.12. The van der Waals surface area contributed by atoms with Crippen molar-refractivity contribution >= 4 is 39.6 Å². The van der Waals surface area contributed by atoms with Gasteiger partial charge in [0.2, 0.25) is 5.95 Å². The standard InChI is InChI=1S/C13H11N7S/c14-19-13-17-11-8(6-15-20-11)12(18-13)21-10-5-7-3-1-2-4-9(7)16-10/h1-6,16H,14H2,(H2,15,17,18,19,20). The number of hydrazine groups is 1. The van der Waals surface area contributed by atoms with E-state index in [4.69, 9.17) is 5.84 Å². The highest BCUT2D eigenvalue weighted by molar-refractivity contribution is 7.99. The molecule has 0 aliphatic rings. The molecule has 7 nitrogen and oxygen atoms in total. The first-order chi connectivity index (χ1) is 10.3. The summed E-state index contributed by atoms with van der Waals surface area (Å²) in [7, 11) is 0. The minimum Gasteiger partial charge on any atom is -0.349 e. The van der Waals surface area contributed by atoms with Gasteiger partial charge >= 0.3 is 0 Å². The highest BCUT2D eigenvalue weighted by Gasteiger charge is 2.11. The van der Waals surface area contributed by atoms with Gasteiger partial charge in [0.15, 0.2) is 5.65 Å². The third-order valence-electron chi connectivity index (χ3n) is 3.12. The zero-order valence-corrected chi connectivity index (χ0v) is 11.6. The Morgan fingerprint density at radius 2 is 2.10 bits per heavy atom. The lowest BCUT2D eigenvalue weighted by molar-refractivity contribution is 1.05. The Morgan fingerprint density at radius 1 is 1.19 bits per heavy atom. The zero-order chi connectivity index (χ0) is 14.2. The van der Waals surface area contributed by atoms with Crippen molar-refractivity contribution in [3.05, 3.63) is 36.5 Å². The van der Waals surface area contributed by atoms with Crippen LogP contribution in [-0.4, -0.2) is 25.1 Å². The van der Waals surface area contributed by atoms with Crippen LogP contribution in [0.2, 0.25) is 0 Å². The van der Waals surface area contributed by atoms with Crippen LogP contribution in [-0.2, 0) is 0 Å². The molecule has 1 aromatic carbocycles. The zero-order valence-electron chi connectivity index (χ0n) is 10.8. The Bertz CT molecular complexity index is 893. The normalized spacial score (nSPS) is 11.3. The molecule has 8 heteroatoms. The topological polar surface area (TPSA) is 108 Å². The number of nitrogens with zero attached hydrogens (tertiary/aromatic N) is 3. The molecule has 0 saturated carbocycles. The van der Waals surface area contributed by atoms with Gasteiger partial charge in [-0.15, -0.1) is 0 Å². The van der Waals surface area contributed by atoms with Crippen molar-refractivity contribution < 1.29 is 0 Å². The molecule has 0 bridgehead atoms. The molecular formula is C13H11N7S. The number of hydrogen-bond donors (Lipinski definition) is 4. The van der Waals surface area contributed by atoms with E-state index in [0.29, 0.717) is 11.6 Å². The minimum atomic E-state index is 0.352. The number of para-hydroxylation sites is 1. The first-order valence-corrected chi connectivity index (χ1v) is 7.08. The lowest BCUT2D eigenvalue weighted by Crippen LogP contribution is -2.10. The van der Waals surface area contributed by atoms with Gasteiger partial charge in [-0.2, -0.15) is 10.1 Å². The number of rotatable bonds is 3. The summed E-state index contributed by atoms with van der Waals surface area (Å²) in [6.45, 7) is 0. The van der Waals surface area contributed by atoms with Crippen molar-refractivity contribution in [1.29, 1.82) is 0 Å². The second kappa shape index (κ2) is 4.76. The number of H-pyrrole nitrogens is 2. The summed E-state index contributed by atoms with van der Waals surface area (Å²) in [5.41, 5.74) is 4.21. The summed E-state index contributed by atoms with van der Waals surface area (Å²) in [4.78, 5) is 12.0. The summed E-state index contributed by atoms with van der Waals surface area (Å²) >= 11 is 1.51. The summed E-state index contributed by atoms with van der Waals surface area (Å²) in [5.74, 6) is 5.76. The summed E-state index contributed by atoms with van der Waals surface area (Å²) in [6, 6.07) is 10.2. The van der Waals surface area contributed by atoms with Gasteiger partial charge in [-0.25, -0.2) is 10.8 Å². The Balaban J connectivity index is 1.80. The fourth-order valence-corrected chi connectivity index (χ4v) is 3.10. The van der Waals surface area contributed by atoms with E-state index in [-0.39, 0.29) is 0 Å². The fraction of sp³-hybridized carbons (Fsp3) is 0. The third kappa shape index (κ3) is 2.10. The van der Waals surface area contributed by atoms with Crippen LogP contribution in [0.5, 0.6) is 0 Å². The fourth-order valence-electron chi connectivity index (χ4n) is 2.16. The lowest BCUT2D eigenvalue weighted by Gasteiger charge is -2.03. The smallest absolute Gasteiger partial charge is 0.240 e. The molecule has 0 atom stereocenters. The first kappa shape index (κ1) is 12.2. The molecule has 0 fully saturated rings. The molecular weight excluding hydrogens is 286 g/mol. The van der Waals surface area contributed by atoms with Crippen LogP contribution < -0.4 is 11.3 Å².